The van der Waals surface area contributed by atoms with Gasteiger partial charge < -0.3 is 28.8 Å². The minimum absolute atomic E-state index is 0.00663. The summed E-state index contributed by atoms with van der Waals surface area (Å²) in [6.45, 7) is 4.51. The predicted octanol–water partition coefficient (Wildman–Crippen LogP) is 12.0. The van der Waals surface area contributed by atoms with Gasteiger partial charge in [-0.1, -0.05) is 177 Å². The van der Waals surface area contributed by atoms with Crippen LogP contribution in [0.1, 0.15) is 181 Å². The summed E-state index contributed by atoms with van der Waals surface area (Å²) >= 11 is 0. The number of likely N-dealkylation sites (N-methyl/N-ethyl adjacent to an activating group) is 1. The van der Waals surface area contributed by atoms with E-state index in [1.165, 1.54) is 83.5 Å². The summed E-state index contributed by atoms with van der Waals surface area (Å²) in [7, 11) is 1.24. The maximum atomic E-state index is 12.9. The fraction of sp³-hybridized carbons (Fsp3) is 0.766. The Bertz CT molecular complexity index is 1100. The summed E-state index contributed by atoms with van der Waals surface area (Å²) in [5, 5.41) is 13.8. The molecule has 0 fully saturated rings. The first-order valence-corrected chi connectivity index (χ1v) is 24.1. The Morgan fingerprint density at radius 2 is 1.09 bits per heavy atom. The maximum Gasteiger partial charge on any atom is 0.268 e. The number of aliphatic hydroxyl groups excluding tert-OH is 1. The number of hydrogen-bond acceptors (Lipinski definition) is 6. The van der Waals surface area contributed by atoms with Crippen LogP contribution in [0.15, 0.2) is 60.8 Å². The number of allylic oxidation sites excluding steroid dienone is 9. The van der Waals surface area contributed by atoms with Crippen molar-refractivity contribution in [2.24, 2.45) is 0 Å². The van der Waals surface area contributed by atoms with Gasteiger partial charge in [0.15, 0.2) is 0 Å². The molecular weight excluding hydrogens is 719 g/mol. The van der Waals surface area contributed by atoms with E-state index in [0.29, 0.717) is 17.4 Å². The van der Waals surface area contributed by atoms with Crippen molar-refractivity contribution in [3.05, 3.63) is 60.8 Å². The molecule has 3 unspecified atom stereocenters. The number of quaternary nitrogens is 1. The summed E-state index contributed by atoms with van der Waals surface area (Å²) < 4.78 is 23.2. The molecule has 56 heavy (non-hydrogen) atoms. The van der Waals surface area contributed by atoms with Gasteiger partial charge in [0.1, 0.15) is 13.2 Å². The maximum absolute atomic E-state index is 12.9. The van der Waals surface area contributed by atoms with Crippen molar-refractivity contribution in [3.8, 4) is 0 Å². The normalized spacial score (nSPS) is 14.9. The van der Waals surface area contributed by atoms with Gasteiger partial charge in [-0.25, -0.2) is 0 Å². The fourth-order valence-corrected chi connectivity index (χ4v) is 6.87. The van der Waals surface area contributed by atoms with Gasteiger partial charge in [0.2, 0.25) is 5.91 Å². The van der Waals surface area contributed by atoms with Gasteiger partial charge in [0.05, 0.1) is 39.9 Å². The van der Waals surface area contributed by atoms with E-state index in [2.05, 4.69) is 67.8 Å². The third kappa shape index (κ3) is 40.4. The van der Waals surface area contributed by atoms with E-state index in [0.717, 1.165) is 77.0 Å². The van der Waals surface area contributed by atoms with Crippen molar-refractivity contribution >= 4 is 13.7 Å². The number of phosphoric acid groups is 1. The average Bonchev–Trinajstić information content (AvgIpc) is 3.15. The third-order valence-electron chi connectivity index (χ3n) is 9.73. The van der Waals surface area contributed by atoms with Crippen LogP contribution < -0.4 is 10.2 Å². The van der Waals surface area contributed by atoms with Gasteiger partial charge in [-0.05, 0) is 57.8 Å². The zero-order valence-electron chi connectivity index (χ0n) is 36.8. The minimum Gasteiger partial charge on any atom is -0.756 e. The van der Waals surface area contributed by atoms with Crippen molar-refractivity contribution in [2.45, 2.75) is 193 Å². The molecule has 0 aromatic carbocycles. The van der Waals surface area contributed by atoms with E-state index in [9.17, 15) is 19.4 Å². The Morgan fingerprint density at radius 3 is 1.59 bits per heavy atom. The lowest BCUT2D eigenvalue weighted by molar-refractivity contribution is -0.870. The second-order valence-electron chi connectivity index (χ2n) is 16.4. The van der Waals surface area contributed by atoms with Crippen molar-refractivity contribution < 1.29 is 32.9 Å². The number of aliphatic hydroxyl groups is 1. The first kappa shape index (κ1) is 54.2. The molecule has 3 atom stereocenters. The number of carbonyl (C=O) groups excluding carboxylic acids is 1. The Kier molecular flexibility index (Phi) is 37.5. The van der Waals surface area contributed by atoms with Gasteiger partial charge in [0, 0.05) is 6.42 Å². The Labute approximate surface area is 345 Å². The fourth-order valence-electron chi connectivity index (χ4n) is 6.14. The second kappa shape index (κ2) is 38.7. The van der Waals surface area contributed by atoms with Gasteiger partial charge in [-0.2, -0.15) is 0 Å². The van der Waals surface area contributed by atoms with E-state index in [4.69, 9.17) is 9.05 Å². The minimum atomic E-state index is -4.59. The Balaban J connectivity index is 4.45. The number of unbranched alkanes of at least 4 members (excludes halogenated alkanes) is 19. The molecule has 326 valence electrons. The van der Waals surface area contributed by atoms with Crippen LogP contribution in [0.3, 0.4) is 0 Å². The lowest BCUT2D eigenvalue weighted by Gasteiger charge is -2.29. The summed E-state index contributed by atoms with van der Waals surface area (Å²) in [5.74, 6) is -0.214. The molecular formula is C47H87N2O6P. The Morgan fingerprint density at radius 1 is 0.643 bits per heavy atom. The first-order chi connectivity index (χ1) is 27.0. The lowest BCUT2D eigenvalue weighted by Crippen LogP contribution is -2.45. The smallest absolute Gasteiger partial charge is 0.268 e. The monoisotopic (exact) mass is 807 g/mol. The van der Waals surface area contributed by atoms with Gasteiger partial charge in [-0.3, -0.25) is 9.36 Å². The lowest BCUT2D eigenvalue weighted by atomic mass is 10.0. The third-order valence-corrected chi connectivity index (χ3v) is 10.7. The molecule has 1 amide bonds. The highest BCUT2D eigenvalue weighted by Crippen LogP contribution is 2.38. The molecule has 0 aromatic heterocycles. The van der Waals surface area contributed by atoms with Crippen LogP contribution in [-0.4, -0.2) is 68.5 Å². The van der Waals surface area contributed by atoms with Crippen molar-refractivity contribution in [1.82, 2.24) is 5.32 Å². The van der Waals surface area contributed by atoms with Crippen molar-refractivity contribution in [3.63, 3.8) is 0 Å². The predicted molar refractivity (Wildman–Crippen MR) is 237 cm³/mol. The molecule has 0 radical (unpaired) electrons. The van der Waals surface area contributed by atoms with Crippen LogP contribution in [0.5, 0.6) is 0 Å². The largest absolute Gasteiger partial charge is 0.756 e. The molecule has 0 spiro atoms. The molecule has 0 aliphatic heterocycles. The highest BCUT2D eigenvalue weighted by atomic mass is 31.2. The molecule has 0 heterocycles. The van der Waals surface area contributed by atoms with Gasteiger partial charge in [-0.15, -0.1) is 0 Å². The van der Waals surface area contributed by atoms with Crippen LogP contribution in [0.25, 0.3) is 0 Å². The molecule has 9 heteroatoms. The van der Waals surface area contributed by atoms with E-state index in [1.807, 2.05) is 27.2 Å². The molecule has 0 aliphatic carbocycles. The number of amides is 1. The molecule has 0 saturated carbocycles. The van der Waals surface area contributed by atoms with Crippen molar-refractivity contribution in [2.75, 3.05) is 40.9 Å². The van der Waals surface area contributed by atoms with E-state index in [-0.39, 0.29) is 19.1 Å². The number of nitrogens with one attached hydrogen (secondary N) is 1. The summed E-state index contributed by atoms with van der Waals surface area (Å²) in [5.41, 5.74) is 0. The van der Waals surface area contributed by atoms with Crippen molar-refractivity contribution in [1.29, 1.82) is 0 Å². The highest BCUT2D eigenvalue weighted by Gasteiger charge is 2.23. The van der Waals surface area contributed by atoms with Gasteiger partial charge in [0.25, 0.3) is 7.82 Å². The van der Waals surface area contributed by atoms with E-state index >= 15 is 0 Å². The number of phosphoric ester groups is 1. The number of carbonyl (C=O) groups is 1. The molecule has 8 nitrogen and oxygen atoms in total. The average molecular weight is 807 g/mol. The van der Waals surface area contributed by atoms with Crippen LogP contribution in [0.2, 0.25) is 0 Å². The number of hydrogen-bond donors (Lipinski definition) is 2. The quantitative estimate of drug-likeness (QED) is 0.0276. The molecule has 2 N–H and O–H groups in total. The topological polar surface area (TPSA) is 108 Å². The number of rotatable bonds is 40. The summed E-state index contributed by atoms with van der Waals surface area (Å²) in [6.07, 6.45) is 49.7. The van der Waals surface area contributed by atoms with Crippen LogP contribution >= 0.6 is 7.82 Å². The van der Waals surface area contributed by atoms with Crippen LogP contribution in [0.4, 0.5) is 0 Å². The van der Waals surface area contributed by atoms with Crippen LogP contribution in [-0.2, 0) is 18.4 Å². The molecule has 0 aliphatic rings. The van der Waals surface area contributed by atoms with Gasteiger partial charge >= 0.3 is 0 Å². The SMILES string of the molecule is CC/C=C\C/C=C\C/C=C\C/C=C\CCCCCCCCC(=O)NC(COP(=O)([O-])OCC[N+](C)(C)C)C(O)/C=C/CCCCCCCCCCCCCCC. The molecule has 0 saturated heterocycles. The first-order valence-electron chi connectivity index (χ1n) is 22.7. The molecule has 0 bridgehead atoms. The Hall–Kier alpha value is -1.80. The summed E-state index contributed by atoms with van der Waals surface area (Å²) in [4.78, 5) is 25.3. The zero-order chi connectivity index (χ0) is 41.4. The molecule has 0 rings (SSSR count). The standard InChI is InChI=1S/C47H87N2O6P/c1-6-8-10-12-14-16-18-20-22-23-24-25-27-29-31-33-35-37-39-41-47(51)48-45(44-55-56(52,53)54-43-42-49(3,4)5)46(50)40-38-36-34-32-30-28-26-21-19-17-15-13-11-9-7-2/h8,10,14,16,20,22,24-25,38,40,45-46,50H,6-7,9,11-13,15,17-19,21,23,26-37,39,41-44H2,1-5H3,(H-,48,51,52,53)/b10-8-,16-14-,22-20-,25-24-,40-38+. The second-order valence-corrected chi connectivity index (χ2v) is 17.8. The van der Waals surface area contributed by atoms with E-state index in [1.54, 1.807) is 6.08 Å². The number of nitrogens with zero attached hydrogens (tertiary/aromatic N) is 1. The summed E-state index contributed by atoms with van der Waals surface area (Å²) in [6, 6.07) is -0.895. The highest BCUT2D eigenvalue weighted by molar-refractivity contribution is 7.45. The molecule has 0 aromatic rings. The zero-order valence-corrected chi connectivity index (χ0v) is 37.7. The van der Waals surface area contributed by atoms with Crippen LogP contribution in [0, 0.1) is 0 Å². The van der Waals surface area contributed by atoms with E-state index < -0.39 is 20.0 Å².